The first kappa shape index (κ1) is 19.4. The maximum atomic E-state index is 12.9. The highest BCUT2D eigenvalue weighted by molar-refractivity contribution is 6.09. The molecule has 4 amide bonds. The summed E-state index contributed by atoms with van der Waals surface area (Å²) in [5, 5.41) is 5.64. The fourth-order valence-corrected chi connectivity index (χ4v) is 4.47. The number of rotatable bonds is 5. The minimum Gasteiger partial charge on any atom is -0.347 e. The smallest absolute Gasteiger partial charge is 0.325 e. The Hall–Kier alpha value is -2.90. The highest BCUT2D eigenvalue weighted by atomic mass is 16.2. The third-order valence-electron chi connectivity index (χ3n) is 6.41. The van der Waals surface area contributed by atoms with Crippen LogP contribution < -0.4 is 10.6 Å². The first-order valence-electron chi connectivity index (χ1n) is 10.2. The van der Waals surface area contributed by atoms with Gasteiger partial charge in [0.2, 0.25) is 5.91 Å². The quantitative estimate of drug-likeness (QED) is 0.755. The van der Waals surface area contributed by atoms with Crippen LogP contribution in [0.2, 0.25) is 0 Å². The van der Waals surface area contributed by atoms with Crippen molar-refractivity contribution in [1.82, 2.24) is 25.1 Å². The highest BCUT2D eigenvalue weighted by Crippen LogP contribution is 2.37. The van der Waals surface area contributed by atoms with Gasteiger partial charge in [0.25, 0.3) is 5.91 Å². The first-order valence-corrected chi connectivity index (χ1v) is 10.2. The Labute approximate surface area is 169 Å². The lowest BCUT2D eigenvalue weighted by molar-refractivity contribution is -0.136. The van der Waals surface area contributed by atoms with E-state index in [1.165, 1.54) is 0 Å². The summed E-state index contributed by atoms with van der Waals surface area (Å²) in [6.07, 6.45) is 4.24. The number of hydrogen-bond donors (Lipinski definition) is 2. The SMILES string of the molecule is CCC1CCC2(CC1)NC(=O)N(CC(=O)NCc1nc3ccccc3n1C)C2=O. The molecular weight excluding hydrogens is 370 g/mol. The molecule has 2 aliphatic rings. The molecule has 4 rings (SSSR count). The zero-order valence-corrected chi connectivity index (χ0v) is 16.9. The monoisotopic (exact) mass is 397 g/mol. The van der Waals surface area contributed by atoms with Crippen molar-refractivity contribution in [2.75, 3.05) is 6.54 Å². The number of imidazole rings is 1. The van der Waals surface area contributed by atoms with Crippen LogP contribution in [0.15, 0.2) is 24.3 Å². The lowest BCUT2D eigenvalue weighted by Gasteiger charge is -2.34. The maximum absolute atomic E-state index is 12.9. The fourth-order valence-electron chi connectivity index (χ4n) is 4.47. The van der Waals surface area contributed by atoms with Crippen molar-refractivity contribution in [1.29, 1.82) is 0 Å². The molecule has 8 nitrogen and oxygen atoms in total. The van der Waals surface area contributed by atoms with E-state index in [4.69, 9.17) is 0 Å². The number of nitrogens with zero attached hydrogens (tertiary/aromatic N) is 3. The third-order valence-corrected chi connectivity index (χ3v) is 6.41. The van der Waals surface area contributed by atoms with Crippen LogP contribution in [0.4, 0.5) is 4.79 Å². The van der Waals surface area contributed by atoms with Gasteiger partial charge in [-0.1, -0.05) is 25.5 Å². The Balaban J connectivity index is 1.37. The van der Waals surface area contributed by atoms with Gasteiger partial charge in [0.15, 0.2) is 0 Å². The Bertz CT molecular complexity index is 958. The molecule has 2 N–H and O–H groups in total. The molecule has 1 spiro atoms. The second-order valence-corrected chi connectivity index (χ2v) is 8.11. The molecule has 0 atom stereocenters. The average molecular weight is 397 g/mol. The molecule has 1 aromatic heterocycles. The van der Waals surface area contributed by atoms with E-state index in [1.54, 1.807) is 0 Å². The van der Waals surface area contributed by atoms with Crippen molar-refractivity contribution in [2.45, 2.75) is 51.1 Å². The topological polar surface area (TPSA) is 96.3 Å². The highest BCUT2D eigenvalue weighted by Gasteiger charge is 2.52. The van der Waals surface area contributed by atoms with E-state index in [2.05, 4.69) is 22.5 Å². The van der Waals surface area contributed by atoms with E-state index in [0.29, 0.717) is 24.6 Å². The molecule has 29 heavy (non-hydrogen) atoms. The largest absolute Gasteiger partial charge is 0.347 e. The standard InChI is InChI=1S/C21H27N5O3/c1-3-14-8-10-21(11-9-14)19(28)26(20(29)24-21)13-18(27)22-12-17-23-15-6-4-5-7-16(15)25(17)2/h4-7,14H,3,8-13H2,1-2H3,(H,22,27)(H,24,29). The van der Waals surface area contributed by atoms with Gasteiger partial charge in [-0.05, 0) is 43.7 Å². The molecule has 2 heterocycles. The molecule has 154 valence electrons. The number of carbonyl (C=O) groups is 3. The average Bonchev–Trinajstić information content (AvgIpc) is 3.16. The number of aryl methyl sites for hydroxylation is 1. The van der Waals surface area contributed by atoms with Crippen molar-refractivity contribution in [2.24, 2.45) is 13.0 Å². The van der Waals surface area contributed by atoms with Crippen molar-refractivity contribution in [3.63, 3.8) is 0 Å². The Morgan fingerprint density at radius 1 is 1.28 bits per heavy atom. The van der Waals surface area contributed by atoms with Crippen LogP contribution in [0.5, 0.6) is 0 Å². The van der Waals surface area contributed by atoms with Crippen LogP contribution in [-0.2, 0) is 23.2 Å². The van der Waals surface area contributed by atoms with Crippen molar-refractivity contribution in [3.8, 4) is 0 Å². The van der Waals surface area contributed by atoms with Crippen molar-refractivity contribution >= 4 is 28.9 Å². The molecule has 0 radical (unpaired) electrons. The van der Waals surface area contributed by atoms with E-state index in [0.717, 1.165) is 35.2 Å². The molecule has 1 saturated carbocycles. The van der Waals surface area contributed by atoms with E-state index >= 15 is 0 Å². The number of urea groups is 1. The van der Waals surface area contributed by atoms with Crippen LogP contribution in [0, 0.1) is 5.92 Å². The summed E-state index contributed by atoms with van der Waals surface area (Å²) < 4.78 is 1.92. The van der Waals surface area contributed by atoms with Gasteiger partial charge in [-0.3, -0.25) is 14.5 Å². The number of hydrogen-bond acceptors (Lipinski definition) is 4. The van der Waals surface area contributed by atoms with Gasteiger partial charge in [0.05, 0.1) is 17.6 Å². The van der Waals surface area contributed by atoms with Crippen LogP contribution in [0.3, 0.4) is 0 Å². The number of fused-ring (bicyclic) bond motifs is 1. The molecule has 1 saturated heterocycles. The third kappa shape index (κ3) is 3.47. The summed E-state index contributed by atoms with van der Waals surface area (Å²) in [7, 11) is 1.89. The second-order valence-electron chi connectivity index (χ2n) is 8.11. The summed E-state index contributed by atoms with van der Waals surface area (Å²) in [5.74, 6) is 0.678. The molecule has 0 unspecified atom stereocenters. The lowest BCUT2D eigenvalue weighted by atomic mass is 9.75. The summed E-state index contributed by atoms with van der Waals surface area (Å²) in [5.41, 5.74) is 1.02. The number of benzene rings is 1. The number of nitrogens with one attached hydrogen (secondary N) is 2. The van der Waals surface area contributed by atoms with Gasteiger partial charge >= 0.3 is 6.03 Å². The first-order chi connectivity index (χ1) is 13.9. The summed E-state index contributed by atoms with van der Waals surface area (Å²) in [4.78, 5) is 43.3. The van der Waals surface area contributed by atoms with Crippen molar-refractivity contribution in [3.05, 3.63) is 30.1 Å². The van der Waals surface area contributed by atoms with Gasteiger partial charge in [0, 0.05) is 7.05 Å². The molecule has 0 bridgehead atoms. The number of aromatic nitrogens is 2. The summed E-state index contributed by atoms with van der Waals surface area (Å²) in [6, 6.07) is 7.27. The minimum absolute atomic E-state index is 0.233. The fraction of sp³-hybridized carbons (Fsp3) is 0.524. The molecule has 2 aromatic rings. The second kappa shape index (κ2) is 7.50. The Kier molecular flexibility index (Phi) is 5.02. The van der Waals surface area contributed by atoms with Crippen molar-refractivity contribution < 1.29 is 14.4 Å². The predicted molar refractivity (Wildman–Crippen MR) is 108 cm³/mol. The van der Waals surface area contributed by atoms with Gasteiger partial charge in [0.1, 0.15) is 17.9 Å². The maximum Gasteiger partial charge on any atom is 0.325 e. The lowest BCUT2D eigenvalue weighted by Crippen LogP contribution is -2.50. The Morgan fingerprint density at radius 2 is 2.00 bits per heavy atom. The van der Waals surface area contributed by atoms with Gasteiger partial charge in [-0.2, -0.15) is 0 Å². The van der Waals surface area contributed by atoms with Crippen LogP contribution in [0.1, 0.15) is 44.9 Å². The van der Waals surface area contributed by atoms with Crippen LogP contribution in [-0.4, -0.2) is 44.4 Å². The number of imide groups is 1. The number of para-hydroxylation sites is 2. The van der Waals surface area contributed by atoms with E-state index in [-0.39, 0.29) is 24.9 Å². The van der Waals surface area contributed by atoms with Crippen LogP contribution in [0.25, 0.3) is 11.0 Å². The van der Waals surface area contributed by atoms with Crippen LogP contribution >= 0.6 is 0 Å². The van der Waals surface area contributed by atoms with E-state index in [1.807, 2.05) is 35.9 Å². The number of amides is 4. The molecular formula is C21H27N5O3. The zero-order chi connectivity index (χ0) is 20.6. The molecule has 1 aliphatic carbocycles. The molecule has 8 heteroatoms. The summed E-state index contributed by atoms with van der Waals surface area (Å²) >= 11 is 0. The van der Waals surface area contributed by atoms with E-state index in [9.17, 15) is 14.4 Å². The van der Waals surface area contributed by atoms with Gasteiger partial charge in [-0.15, -0.1) is 0 Å². The van der Waals surface area contributed by atoms with E-state index < -0.39 is 11.6 Å². The minimum atomic E-state index is -0.819. The molecule has 2 fully saturated rings. The normalized spacial score (nSPS) is 24.3. The molecule has 1 aliphatic heterocycles. The van der Waals surface area contributed by atoms with Gasteiger partial charge in [-0.25, -0.2) is 9.78 Å². The summed E-state index contributed by atoms with van der Waals surface area (Å²) in [6.45, 7) is 2.11. The Morgan fingerprint density at radius 3 is 2.69 bits per heavy atom. The molecule has 1 aromatic carbocycles. The predicted octanol–water partition coefficient (Wildman–Crippen LogP) is 2.08. The number of carbonyl (C=O) groups excluding carboxylic acids is 3. The van der Waals surface area contributed by atoms with Gasteiger partial charge < -0.3 is 15.2 Å². The zero-order valence-electron chi connectivity index (χ0n) is 16.9.